The summed E-state index contributed by atoms with van der Waals surface area (Å²) in [6.45, 7) is 6.39. The van der Waals surface area contributed by atoms with Crippen molar-refractivity contribution in [3.63, 3.8) is 0 Å². The van der Waals surface area contributed by atoms with Crippen LogP contribution in [0.3, 0.4) is 0 Å². The van der Waals surface area contributed by atoms with Crippen LogP contribution in [0.25, 0.3) is 0 Å². The molecule has 3 heteroatoms. The quantitative estimate of drug-likeness (QED) is 0.786. The molecule has 0 heterocycles. The van der Waals surface area contributed by atoms with Crippen LogP contribution < -0.4 is 5.32 Å². The Kier molecular flexibility index (Phi) is 5.78. The molecular formula is C19H22BrNO. The fourth-order valence-electron chi connectivity index (χ4n) is 2.46. The van der Waals surface area contributed by atoms with Gasteiger partial charge in [0.2, 0.25) is 0 Å². The Balaban J connectivity index is 2.21. The molecule has 0 aromatic heterocycles. The van der Waals surface area contributed by atoms with Gasteiger partial charge >= 0.3 is 0 Å². The summed E-state index contributed by atoms with van der Waals surface area (Å²) in [7, 11) is 0. The second kappa shape index (κ2) is 7.59. The largest absolute Gasteiger partial charge is 0.345 e. The molecule has 1 N–H and O–H groups in total. The lowest BCUT2D eigenvalue weighted by atomic mass is 9.94. The van der Waals surface area contributed by atoms with E-state index < -0.39 is 0 Å². The number of nitrogens with one attached hydrogen (secondary N) is 1. The van der Waals surface area contributed by atoms with Crippen LogP contribution in [0.1, 0.15) is 48.3 Å². The monoisotopic (exact) mass is 359 g/mol. The summed E-state index contributed by atoms with van der Waals surface area (Å²) in [6.07, 6.45) is 1.02. The van der Waals surface area contributed by atoms with Gasteiger partial charge in [0.1, 0.15) is 0 Å². The molecule has 2 rings (SSSR count). The number of carbonyl (C=O) groups is 1. The number of hydrogen-bond donors (Lipinski definition) is 1. The first kappa shape index (κ1) is 16.8. The zero-order valence-electron chi connectivity index (χ0n) is 13.3. The molecule has 0 radical (unpaired) electrons. The van der Waals surface area contributed by atoms with Crippen molar-refractivity contribution in [2.75, 3.05) is 0 Å². The zero-order valence-corrected chi connectivity index (χ0v) is 14.9. The third-order valence-electron chi connectivity index (χ3n) is 3.82. The Morgan fingerprint density at radius 1 is 1.09 bits per heavy atom. The second-order valence-electron chi connectivity index (χ2n) is 5.77. The molecule has 1 atom stereocenters. The number of halogens is 1. The molecule has 1 amide bonds. The van der Waals surface area contributed by atoms with Crippen molar-refractivity contribution in [1.29, 1.82) is 0 Å². The Morgan fingerprint density at radius 2 is 1.73 bits per heavy atom. The Bertz CT molecular complexity index is 634. The summed E-state index contributed by atoms with van der Waals surface area (Å²) in [5.41, 5.74) is 3.12. The normalized spacial score (nSPS) is 12.2. The lowest BCUT2D eigenvalue weighted by Crippen LogP contribution is -2.32. The third kappa shape index (κ3) is 3.98. The maximum Gasteiger partial charge on any atom is 0.252 e. The summed E-state index contributed by atoms with van der Waals surface area (Å²) in [5.74, 6) is 0.268. The molecule has 0 spiro atoms. The summed E-state index contributed by atoms with van der Waals surface area (Å²) >= 11 is 3.44. The molecule has 0 saturated heterocycles. The molecule has 0 fully saturated rings. The van der Waals surface area contributed by atoms with E-state index >= 15 is 0 Å². The molecule has 0 unspecified atom stereocenters. The van der Waals surface area contributed by atoms with E-state index in [-0.39, 0.29) is 11.9 Å². The van der Waals surface area contributed by atoms with E-state index in [9.17, 15) is 4.79 Å². The van der Waals surface area contributed by atoms with Crippen molar-refractivity contribution < 1.29 is 4.79 Å². The summed E-state index contributed by atoms with van der Waals surface area (Å²) in [5, 5.41) is 3.16. The zero-order chi connectivity index (χ0) is 16.1. The Morgan fingerprint density at radius 3 is 2.27 bits per heavy atom. The van der Waals surface area contributed by atoms with Gasteiger partial charge in [-0.15, -0.1) is 0 Å². The van der Waals surface area contributed by atoms with E-state index in [1.807, 2.05) is 24.3 Å². The van der Waals surface area contributed by atoms with Crippen LogP contribution in [0, 0.1) is 5.92 Å². The van der Waals surface area contributed by atoms with Crippen LogP contribution in [-0.4, -0.2) is 5.91 Å². The highest BCUT2D eigenvalue weighted by Gasteiger charge is 2.20. The first-order valence-electron chi connectivity index (χ1n) is 7.67. The molecule has 0 aliphatic rings. The van der Waals surface area contributed by atoms with Crippen molar-refractivity contribution in [1.82, 2.24) is 5.32 Å². The molecule has 0 aliphatic heterocycles. The molecule has 0 saturated carbocycles. The lowest BCUT2D eigenvalue weighted by molar-refractivity contribution is 0.0925. The van der Waals surface area contributed by atoms with Crippen molar-refractivity contribution in [2.45, 2.75) is 33.2 Å². The average Bonchev–Trinajstić information content (AvgIpc) is 2.52. The maximum absolute atomic E-state index is 12.5. The number of rotatable bonds is 5. The maximum atomic E-state index is 12.5. The minimum absolute atomic E-state index is 0.00510. The molecule has 0 bridgehead atoms. The highest BCUT2D eigenvalue weighted by molar-refractivity contribution is 9.10. The number of benzene rings is 2. The molecule has 22 heavy (non-hydrogen) atoms. The van der Waals surface area contributed by atoms with Crippen molar-refractivity contribution in [3.05, 3.63) is 69.7 Å². The lowest BCUT2D eigenvalue weighted by Gasteiger charge is -2.23. The number of carbonyl (C=O) groups excluding carboxylic acids is 1. The first-order valence-corrected chi connectivity index (χ1v) is 8.46. The standard InChI is InChI=1S/C19H22BrNO/c1-4-14-9-11-15(12-10-14)18(13(2)3)21-19(22)16-7-5-6-8-17(16)20/h5-13,18H,4H2,1-3H3,(H,21,22)/t18-/m0/s1. The van der Waals surface area contributed by atoms with Crippen LogP contribution in [0.15, 0.2) is 53.0 Å². The molecule has 2 aromatic carbocycles. The van der Waals surface area contributed by atoms with E-state index in [0.29, 0.717) is 11.5 Å². The summed E-state index contributed by atoms with van der Waals surface area (Å²) < 4.78 is 0.816. The van der Waals surface area contributed by atoms with Gasteiger partial charge in [-0.25, -0.2) is 0 Å². The van der Waals surface area contributed by atoms with E-state index in [2.05, 4.69) is 66.3 Å². The molecule has 2 aromatic rings. The number of aryl methyl sites for hydroxylation is 1. The fraction of sp³-hybridized carbons (Fsp3) is 0.316. The average molecular weight is 360 g/mol. The van der Waals surface area contributed by atoms with Crippen LogP contribution in [-0.2, 0) is 6.42 Å². The van der Waals surface area contributed by atoms with Gasteiger partial charge in [0.05, 0.1) is 11.6 Å². The van der Waals surface area contributed by atoms with Crippen molar-refractivity contribution in [3.8, 4) is 0 Å². The van der Waals surface area contributed by atoms with Crippen LogP contribution >= 0.6 is 15.9 Å². The van der Waals surface area contributed by atoms with Crippen LogP contribution in [0.5, 0.6) is 0 Å². The van der Waals surface area contributed by atoms with Gasteiger partial charge in [0.15, 0.2) is 0 Å². The fourth-order valence-corrected chi connectivity index (χ4v) is 2.92. The van der Waals surface area contributed by atoms with Gasteiger partial charge in [-0.2, -0.15) is 0 Å². The third-order valence-corrected chi connectivity index (χ3v) is 4.51. The summed E-state index contributed by atoms with van der Waals surface area (Å²) in [6, 6.07) is 16.0. The molecular weight excluding hydrogens is 338 g/mol. The highest BCUT2D eigenvalue weighted by Crippen LogP contribution is 2.24. The summed E-state index contributed by atoms with van der Waals surface area (Å²) in [4.78, 5) is 12.5. The van der Waals surface area contributed by atoms with E-state index in [0.717, 1.165) is 16.5 Å². The SMILES string of the molecule is CCc1ccc([C@@H](NC(=O)c2ccccc2Br)C(C)C)cc1. The van der Waals surface area contributed by atoms with Crippen molar-refractivity contribution in [2.24, 2.45) is 5.92 Å². The van der Waals surface area contributed by atoms with Gasteiger partial charge in [0, 0.05) is 4.47 Å². The van der Waals surface area contributed by atoms with Crippen LogP contribution in [0.4, 0.5) is 0 Å². The predicted molar refractivity (Wildman–Crippen MR) is 95.0 cm³/mol. The topological polar surface area (TPSA) is 29.1 Å². The highest BCUT2D eigenvalue weighted by atomic mass is 79.9. The van der Waals surface area contributed by atoms with E-state index in [4.69, 9.17) is 0 Å². The van der Waals surface area contributed by atoms with E-state index in [1.54, 1.807) is 0 Å². The van der Waals surface area contributed by atoms with Crippen molar-refractivity contribution >= 4 is 21.8 Å². The smallest absolute Gasteiger partial charge is 0.252 e. The molecule has 2 nitrogen and oxygen atoms in total. The van der Waals surface area contributed by atoms with Gasteiger partial charge in [-0.05, 0) is 51.5 Å². The minimum atomic E-state index is -0.0502. The second-order valence-corrected chi connectivity index (χ2v) is 6.62. The molecule has 116 valence electrons. The first-order chi connectivity index (χ1) is 10.5. The number of hydrogen-bond acceptors (Lipinski definition) is 1. The van der Waals surface area contributed by atoms with Crippen LogP contribution in [0.2, 0.25) is 0 Å². The minimum Gasteiger partial charge on any atom is -0.345 e. The predicted octanol–water partition coefficient (Wildman–Crippen LogP) is 5.14. The Labute approximate surface area is 141 Å². The van der Waals surface area contributed by atoms with Gasteiger partial charge in [0.25, 0.3) is 5.91 Å². The van der Waals surface area contributed by atoms with Gasteiger partial charge in [-0.3, -0.25) is 4.79 Å². The van der Waals surface area contributed by atoms with E-state index in [1.165, 1.54) is 5.56 Å². The Hall–Kier alpha value is -1.61. The number of amides is 1. The molecule has 0 aliphatic carbocycles. The van der Waals surface area contributed by atoms with Gasteiger partial charge < -0.3 is 5.32 Å². The van der Waals surface area contributed by atoms with Gasteiger partial charge in [-0.1, -0.05) is 57.2 Å².